The molecular formula is C40H41N. The van der Waals surface area contributed by atoms with Crippen molar-refractivity contribution in [2.45, 2.75) is 71.6 Å². The Bertz CT molecular complexity index is 1850. The lowest BCUT2D eigenvalue weighted by Gasteiger charge is -2.44. The normalized spacial score (nSPS) is 18.5. The molecule has 0 fully saturated rings. The van der Waals surface area contributed by atoms with E-state index >= 15 is 0 Å². The van der Waals surface area contributed by atoms with Gasteiger partial charge >= 0.3 is 0 Å². The molecule has 7 rings (SSSR count). The Labute approximate surface area is 245 Å². The second kappa shape index (κ2) is 8.35. The van der Waals surface area contributed by atoms with Gasteiger partial charge in [-0.2, -0.15) is 0 Å². The molecule has 0 bridgehead atoms. The van der Waals surface area contributed by atoms with E-state index in [1.54, 1.807) is 0 Å². The van der Waals surface area contributed by atoms with Crippen LogP contribution in [-0.4, -0.2) is 0 Å². The molecule has 41 heavy (non-hydrogen) atoms. The minimum Gasteiger partial charge on any atom is -0.355 e. The van der Waals surface area contributed by atoms with Gasteiger partial charge in [-0.15, -0.1) is 0 Å². The molecule has 5 aromatic rings. The predicted molar refractivity (Wildman–Crippen MR) is 177 cm³/mol. The molecule has 0 saturated carbocycles. The van der Waals surface area contributed by atoms with Crippen LogP contribution in [-0.2, 0) is 16.2 Å². The van der Waals surface area contributed by atoms with E-state index in [4.69, 9.17) is 0 Å². The monoisotopic (exact) mass is 535 g/mol. The molecule has 5 aromatic carbocycles. The van der Waals surface area contributed by atoms with E-state index in [1.807, 2.05) is 0 Å². The third kappa shape index (κ3) is 3.41. The Hall–Kier alpha value is -3.84. The van der Waals surface area contributed by atoms with E-state index < -0.39 is 0 Å². The number of rotatable bonds is 3. The second-order valence-electron chi connectivity index (χ2n) is 14.4. The molecule has 206 valence electrons. The van der Waals surface area contributed by atoms with E-state index in [9.17, 15) is 0 Å². The molecule has 1 heteroatoms. The van der Waals surface area contributed by atoms with Crippen molar-refractivity contribution in [3.63, 3.8) is 0 Å². The fourth-order valence-electron chi connectivity index (χ4n) is 7.82. The van der Waals surface area contributed by atoms with Gasteiger partial charge in [-0.1, -0.05) is 134 Å². The van der Waals surface area contributed by atoms with Gasteiger partial charge in [-0.3, -0.25) is 0 Å². The van der Waals surface area contributed by atoms with Crippen molar-refractivity contribution in [3.05, 3.63) is 119 Å². The zero-order valence-corrected chi connectivity index (χ0v) is 25.7. The number of hydrogen-bond acceptors (Lipinski definition) is 1. The first-order chi connectivity index (χ1) is 19.4. The largest absolute Gasteiger partial charge is 0.355 e. The van der Waals surface area contributed by atoms with E-state index in [2.05, 4.69) is 158 Å². The molecule has 0 unspecified atom stereocenters. The average molecular weight is 536 g/mol. The maximum Gasteiger partial charge on any atom is 0.0505 e. The highest BCUT2D eigenvalue weighted by molar-refractivity contribution is 5.99. The summed E-state index contributed by atoms with van der Waals surface area (Å²) in [6, 6.07) is 36.2. The fourth-order valence-corrected chi connectivity index (χ4v) is 7.82. The zero-order chi connectivity index (χ0) is 28.9. The van der Waals surface area contributed by atoms with Gasteiger partial charge in [0.05, 0.1) is 5.69 Å². The van der Waals surface area contributed by atoms with Crippen molar-refractivity contribution >= 4 is 22.1 Å². The van der Waals surface area contributed by atoms with E-state index in [1.165, 1.54) is 61.0 Å². The van der Waals surface area contributed by atoms with Crippen molar-refractivity contribution < 1.29 is 0 Å². The number of anilines is 2. The summed E-state index contributed by atoms with van der Waals surface area (Å²) >= 11 is 0. The third-order valence-electron chi connectivity index (χ3n) is 11.5. The summed E-state index contributed by atoms with van der Waals surface area (Å²) in [5.41, 5.74) is 13.6. The number of benzene rings is 5. The van der Waals surface area contributed by atoms with Crippen molar-refractivity contribution in [1.82, 2.24) is 0 Å². The topological polar surface area (TPSA) is 12.0 Å². The third-order valence-corrected chi connectivity index (χ3v) is 11.5. The van der Waals surface area contributed by atoms with Crippen LogP contribution in [0.2, 0.25) is 0 Å². The van der Waals surface area contributed by atoms with Gasteiger partial charge in [-0.25, -0.2) is 0 Å². The standard InChI is InChI=1S/C40H41N/c1-37(2)32-16-12-11-15-30(32)31-22-19-26(23-33(31)37)25-17-20-28(21-18-25)41-36-29-14-10-9-13-27(29)24-34-35(36)39(5,6)40(7,8)38(34,3)4/h9-24,41H,1-8H3. The van der Waals surface area contributed by atoms with Gasteiger partial charge in [-0.05, 0) is 84.3 Å². The summed E-state index contributed by atoms with van der Waals surface area (Å²) in [7, 11) is 0. The Morgan fingerprint density at radius 1 is 0.512 bits per heavy atom. The average Bonchev–Trinajstić information content (AvgIpc) is 3.24. The second-order valence-corrected chi connectivity index (χ2v) is 14.4. The van der Waals surface area contributed by atoms with Gasteiger partial charge < -0.3 is 5.32 Å². The van der Waals surface area contributed by atoms with Crippen LogP contribution in [0.25, 0.3) is 33.0 Å². The molecule has 0 saturated heterocycles. The summed E-state index contributed by atoms with van der Waals surface area (Å²) in [4.78, 5) is 0. The Morgan fingerprint density at radius 2 is 1.15 bits per heavy atom. The first-order valence-electron chi connectivity index (χ1n) is 15.0. The Morgan fingerprint density at radius 3 is 1.90 bits per heavy atom. The lowest BCUT2D eigenvalue weighted by Crippen LogP contribution is -2.42. The van der Waals surface area contributed by atoms with Crippen molar-refractivity contribution in [1.29, 1.82) is 0 Å². The lowest BCUT2D eigenvalue weighted by atomic mass is 9.59. The molecule has 2 aliphatic rings. The predicted octanol–water partition coefficient (Wildman–Crippen LogP) is 11.2. The molecule has 0 atom stereocenters. The molecule has 0 amide bonds. The molecule has 0 spiro atoms. The smallest absolute Gasteiger partial charge is 0.0505 e. The van der Waals surface area contributed by atoms with Crippen LogP contribution in [0, 0.1) is 5.41 Å². The summed E-state index contributed by atoms with van der Waals surface area (Å²) in [6.45, 7) is 19.3. The summed E-state index contributed by atoms with van der Waals surface area (Å²) in [5.74, 6) is 0. The van der Waals surface area contributed by atoms with E-state index in [0.29, 0.717) is 0 Å². The minimum atomic E-state index is 0.00648. The van der Waals surface area contributed by atoms with Gasteiger partial charge in [0, 0.05) is 16.5 Å². The summed E-state index contributed by atoms with van der Waals surface area (Å²) in [6.07, 6.45) is 0. The SMILES string of the molecule is CC1(C)c2ccccc2-c2ccc(-c3ccc(Nc4c5c(cc6ccccc46)C(C)(C)C(C)(C)C5(C)C)cc3)cc21. The number of nitrogens with one attached hydrogen (secondary N) is 1. The van der Waals surface area contributed by atoms with Crippen LogP contribution in [0.5, 0.6) is 0 Å². The van der Waals surface area contributed by atoms with Crippen LogP contribution < -0.4 is 5.32 Å². The molecule has 0 heterocycles. The number of fused-ring (bicyclic) bond motifs is 5. The zero-order valence-electron chi connectivity index (χ0n) is 25.7. The Balaban J connectivity index is 1.29. The molecule has 2 aliphatic carbocycles. The maximum absolute atomic E-state index is 3.92. The van der Waals surface area contributed by atoms with Gasteiger partial charge in [0.2, 0.25) is 0 Å². The molecule has 0 aliphatic heterocycles. The Kier molecular flexibility index (Phi) is 5.31. The van der Waals surface area contributed by atoms with Crippen molar-refractivity contribution in [3.8, 4) is 22.3 Å². The van der Waals surface area contributed by atoms with Crippen LogP contribution in [0.15, 0.2) is 97.1 Å². The molecule has 0 aromatic heterocycles. The maximum atomic E-state index is 3.92. The summed E-state index contributed by atoms with van der Waals surface area (Å²) in [5, 5.41) is 6.51. The summed E-state index contributed by atoms with van der Waals surface area (Å²) < 4.78 is 0. The van der Waals surface area contributed by atoms with Gasteiger partial charge in [0.1, 0.15) is 0 Å². The number of hydrogen-bond donors (Lipinski definition) is 1. The van der Waals surface area contributed by atoms with Crippen LogP contribution >= 0.6 is 0 Å². The van der Waals surface area contributed by atoms with Crippen LogP contribution in [0.4, 0.5) is 11.4 Å². The van der Waals surface area contributed by atoms with Gasteiger partial charge in [0.25, 0.3) is 0 Å². The first-order valence-corrected chi connectivity index (χ1v) is 15.0. The highest BCUT2D eigenvalue weighted by atomic mass is 14.9. The lowest BCUT2D eigenvalue weighted by molar-refractivity contribution is 0.125. The fraction of sp³-hybridized carbons (Fsp3) is 0.300. The molecular weight excluding hydrogens is 494 g/mol. The molecule has 0 radical (unpaired) electrons. The highest BCUT2D eigenvalue weighted by Gasteiger charge is 2.58. The quantitative estimate of drug-likeness (QED) is 0.242. The van der Waals surface area contributed by atoms with Crippen LogP contribution in [0.3, 0.4) is 0 Å². The van der Waals surface area contributed by atoms with Crippen molar-refractivity contribution in [2.24, 2.45) is 5.41 Å². The van der Waals surface area contributed by atoms with Crippen LogP contribution in [0.1, 0.15) is 77.6 Å². The molecule has 1 nitrogen and oxygen atoms in total. The highest BCUT2D eigenvalue weighted by Crippen LogP contribution is 2.64. The van der Waals surface area contributed by atoms with Crippen molar-refractivity contribution in [2.75, 3.05) is 5.32 Å². The molecule has 1 N–H and O–H groups in total. The van der Waals surface area contributed by atoms with E-state index in [-0.39, 0.29) is 21.7 Å². The minimum absolute atomic E-state index is 0.00648. The first kappa shape index (κ1) is 26.1. The van der Waals surface area contributed by atoms with E-state index in [0.717, 1.165) is 5.69 Å². The van der Waals surface area contributed by atoms with Gasteiger partial charge in [0.15, 0.2) is 0 Å².